The van der Waals surface area contributed by atoms with Gasteiger partial charge in [0.1, 0.15) is 5.78 Å². The van der Waals surface area contributed by atoms with Crippen molar-refractivity contribution in [1.82, 2.24) is 0 Å². The lowest BCUT2D eigenvalue weighted by Gasteiger charge is -2.07. The molecule has 0 radical (unpaired) electrons. The van der Waals surface area contributed by atoms with E-state index in [0.29, 0.717) is 18.9 Å². The number of nitrogens with two attached hydrogens (primary N) is 1. The van der Waals surface area contributed by atoms with E-state index in [1.54, 1.807) is 6.92 Å². The van der Waals surface area contributed by atoms with E-state index in [0.717, 1.165) is 6.42 Å². The van der Waals surface area contributed by atoms with E-state index in [2.05, 4.69) is 6.92 Å². The summed E-state index contributed by atoms with van der Waals surface area (Å²) in [4.78, 5) is 10.5. The van der Waals surface area contributed by atoms with Crippen LogP contribution in [-0.4, -0.2) is 12.3 Å². The monoisotopic (exact) mass is 129 g/mol. The summed E-state index contributed by atoms with van der Waals surface area (Å²) in [5.41, 5.74) is 5.38. The van der Waals surface area contributed by atoms with Gasteiger partial charge < -0.3 is 10.5 Å². The summed E-state index contributed by atoms with van der Waals surface area (Å²) in [5, 5.41) is 0. The van der Waals surface area contributed by atoms with Crippen molar-refractivity contribution in [3.8, 4) is 0 Å². The second kappa shape index (κ2) is 4.50. The van der Waals surface area contributed by atoms with Gasteiger partial charge in [-0.25, -0.2) is 0 Å². The van der Waals surface area contributed by atoms with Crippen LogP contribution in [0.5, 0.6) is 0 Å². The summed E-state index contributed by atoms with van der Waals surface area (Å²) in [7, 11) is 0. The molecule has 0 aliphatic carbocycles. The zero-order valence-corrected chi connectivity index (χ0v) is 6.18. The van der Waals surface area contributed by atoms with E-state index < -0.39 is 0 Å². The van der Waals surface area contributed by atoms with Crippen molar-refractivity contribution in [3.05, 3.63) is 0 Å². The Hall–Kier alpha value is -0.370. The first-order valence-corrected chi connectivity index (χ1v) is 3.40. The van der Waals surface area contributed by atoms with Crippen molar-refractivity contribution < 1.29 is 4.79 Å². The Kier molecular flexibility index (Phi) is 4.32. The van der Waals surface area contributed by atoms with Gasteiger partial charge >= 0.3 is 0 Å². The molecule has 2 heteroatoms. The predicted octanol–water partition coefficient (Wildman–Crippen LogP) is 0.950. The van der Waals surface area contributed by atoms with Gasteiger partial charge in [-0.05, 0) is 19.4 Å². The SMILES string of the molecule is CCC(CN)CC(C)=O. The molecule has 0 fully saturated rings. The molecule has 0 heterocycles. The fourth-order valence-corrected chi connectivity index (χ4v) is 0.801. The van der Waals surface area contributed by atoms with Gasteiger partial charge in [0.05, 0.1) is 0 Å². The average molecular weight is 129 g/mol. The van der Waals surface area contributed by atoms with Crippen LogP contribution in [0.25, 0.3) is 0 Å². The minimum atomic E-state index is 0.243. The topological polar surface area (TPSA) is 43.1 Å². The van der Waals surface area contributed by atoms with Gasteiger partial charge in [-0.1, -0.05) is 13.3 Å². The maximum absolute atomic E-state index is 10.5. The maximum Gasteiger partial charge on any atom is 0.130 e. The highest BCUT2D eigenvalue weighted by Gasteiger charge is 2.05. The van der Waals surface area contributed by atoms with Gasteiger partial charge in [0.2, 0.25) is 0 Å². The molecule has 0 aliphatic heterocycles. The third-order valence-electron chi connectivity index (χ3n) is 1.49. The molecule has 2 N–H and O–H groups in total. The molecule has 0 aromatic heterocycles. The van der Waals surface area contributed by atoms with Gasteiger partial charge in [-0.3, -0.25) is 0 Å². The van der Waals surface area contributed by atoms with Crippen molar-refractivity contribution in [2.45, 2.75) is 26.7 Å². The van der Waals surface area contributed by atoms with E-state index in [1.807, 2.05) is 0 Å². The Bertz CT molecular complexity index is 86.9. The number of rotatable bonds is 4. The summed E-state index contributed by atoms with van der Waals surface area (Å²) in [5.74, 6) is 0.648. The van der Waals surface area contributed by atoms with Crippen molar-refractivity contribution in [2.75, 3.05) is 6.54 Å². The number of ketones is 1. The van der Waals surface area contributed by atoms with Crippen molar-refractivity contribution in [3.63, 3.8) is 0 Å². The lowest BCUT2D eigenvalue weighted by molar-refractivity contribution is -0.117. The molecule has 0 aliphatic rings. The molecule has 0 bridgehead atoms. The Morgan fingerprint density at radius 3 is 2.33 bits per heavy atom. The fourth-order valence-electron chi connectivity index (χ4n) is 0.801. The van der Waals surface area contributed by atoms with E-state index in [9.17, 15) is 4.79 Å². The molecule has 2 nitrogen and oxygen atoms in total. The second-order valence-corrected chi connectivity index (χ2v) is 2.42. The van der Waals surface area contributed by atoms with E-state index in [4.69, 9.17) is 5.73 Å². The first-order valence-electron chi connectivity index (χ1n) is 3.40. The van der Waals surface area contributed by atoms with Gasteiger partial charge in [0, 0.05) is 6.42 Å². The predicted molar refractivity (Wildman–Crippen MR) is 38.1 cm³/mol. The summed E-state index contributed by atoms with van der Waals surface area (Å²) in [6.07, 6.45) is 1.66. The maximum atomic E-state index is 10.5. The first-order chi connectivity index (χ1) is 4.20. The van der Waals surface area contributed by atoms with Crippen LogP contribution in [-0.2, 0) is 4.79 Å². The number of carbonyl (C=O) groups is 1. The molecule has 1 atom stereocenters. The molecule has 9 heavy (non-hydrogen) atoms. The molecular weight excluding hydrogens is 114 g/mol. The smallest absolute Gasteiger partial charge is 0.130 e. The van der Waals surface area contributed by atoms with E-state index in [-0.39, 0.29) is 5.78 Å². The molecule has 0 amide bonds. The third kappa shape index (κ3) is 4.15. The second-order valence-electron chi connectivity index (χ2n) is 2.42. The molecule has 0 aromatic rings. The Balaban J connectivity index is 3.43. The van der Waals surface area contributed by atoms with Crippen LogP contribution in [0, 0.1) is 5.92 Å². The normalized spacial score (nSPS) is 13.2. The Morgan fingerprint density at radius 2 is 2.22 bits per heavy atom. The van der Waals surface area contributed by atoms with Crippen LogP contribution in [0.3, 0.4) is 0 Å². The lowest BCUT2D eigenvalue weighted by atomic mass is 10.0. The van der Waals surface area contributed by atoms with E-state index in [1.165, 1.54) is 0 Å². The highest BCUT2D eigenvalue weighted by Crippen LogP contribution is 2.05. The molecule has 0 saturated carbocycles. The number of Topliss-reactive ketones (excluding diaryl/α,β-unsaturated/α-hetero) is 1. The summed E-state index contributed by atoms with van der Waals surface area (Å²) < 4.78 is 0. The number of hydrogen-bond acceptors (Lipinski definition) is 2. The minimum Gasteiger partial charge on any atom is -0.330 e. The lowest BCUT2D eigenvalue weighted by Crippen LogP contribution is -2.15. The van der Waals surface area contributed by atoms with Gasteiger partial charge in [0.15, 0.2) is 0 Å². The standard InChI is InChI=1S/C7H15NO/c1-3-7(5-8)4-6(2)9/h7H,3-5,8H2,1-2H3. The first kappa shape index (κ1) is 8.63. The van der Waals surface area contributed by atoms with Gasteiger partial charge in [-0.15, -0.1) is 0 Å². The molecule has 54 valence electrons. The Morgan fingerprint density at radius 1 is 1.67 bits per heavy atom. The zero-order chi connectivity index (χ0) is 7.28. The average Bonchev–Trinajstić information content (AvgIpc) is 1.82. The van der Waals surface area contributed by atoms with Crippen LogP contribution >= 0.6 is 0 Å². The molecule has 0 aromatic carbocycles. The van der Waals surface area contributed by atoms with Crippen LogP contribution < -0.4 is 5.73 Å². The highest BCUT2D eigenvalue weighted by molar-refractivity contribution is 5.75. The molecule has 0 rings (SSSR count). The zero-order valence-electron chi connectivity index (χ0n) is 6.18. The quantitative estimate of drug-likeness (QED) is 0.614. The number of carbonyl (C=O) groups excluding carboxylic acids is 1. The third-order valence-corrected chi connectivity index (χ3v) is 1.49. The number of hydrogen-bond donors (Lipinski definition) is 1. The highest BCUT2D eigenvalue weighted by atomic mass is 16.1. The Labute approximate surface area is 56.4 Å². The largest absolute Gasteiger partial charge is 0.330 e. The van der Waals surface area contributed by atoms with Crippen molar-refractivity contribution in [2.24, 2.45) is 11.7 Å². The fraction of sp³-hybridized carbons (Fsp3) is 0.857. The summed E-state index contributed by atoms with van der Waals surface area (Å²) in [6, 6.07) is 0. The van der Waals surface area contributed by atoms with Crippen LogP contribution in [0.15, 0.2) is 0 Å². The van der Waals surface area contributed by atoms with Gasteiger partial charge in [0.25, 0.3) is 0 Å². The summed E-state index contributed by atoms with van der Waals surface area (Å²) in [6.45, 7) is 4.30. The van der Waals surface area contributed by atoms with Crippen LogP contribution in [0.4, 0.5) is 0 Å². The van der Waals surface area contributed by atoms with Crippen molar-refractivity contribution in [1.29, 1.82) is 0 Å². The van der Waals surface area contributed by atoms with Crippen LogP contribution in [0.1, 0.15) is 26.7 Å². The van der Waals surface area contributed by atoms with Gasteiger partial charge in [-0.2, -0.15) is 0 Å². The minimum absolute atomic E-state index is 0.243. The molecule has 0 spiro atoms. The van der Waals surface area contributed by atoms with Crippen LogP contribution in [0.2, 0.25) is 0 Å². The van der Waals surface area contributed by atoms with Crippen molar-refractivity contribution >= 4 is 5.78 Å². The molecule has 1 unspecified atom stereocenters. The molecular formula is C7H15NO. The molecule has 0 saturated heterocycles. The van der Waals surface area contributed by atoms with E-state index >= 15 is 0 Å². The summed E-state index contributed by atoms with van der Waals surface area (Å²) >= 11 is 0.